The lowest BCUT2D eigenvalue weighted by Crippen LogP contribution is -2.20. The van der Waals surface area contributed by atoms with Crippen molar-refractivity contribution in [1.82, 2.24) is 0 Å². The molecule has 0 saturated heterocycles. The molecule has 0 aliphatic carbocycles. The van der Waals surface area contributed by atoms with Gasteiger partial charge in [0.1, 0.15) is 24.0 Å². The summed E-state index contributed by atoms with van der Waals surface area (Å²) >= 11 is 0. The van der Waals surface area contributed by atoms with Crippen LogP contribution in [0.4, 0.5) is 13.2 Å². The largest absolute Gasteiger partial charge is 0.492 e. The number of benzene rings is 1. The van der Waals surface area contributed by atoms with E-state index in [1.807, 2.05) is 0 Å². The SMILES string of the molecule is O=C(O)C(COc1ccccc1C(F)(F)F)c1ccco1. The molecule has 1 atom stereocenters. The monoisotopic (exact) mass is 300 g/mol. The van der Waals surface area contributed by atoms with Crippen molar-refractivity contribution in [3.63, 3.8) is 0 Å². The summed E-state index contributed by atoms with van der Waals surface area (Å²) in [6.45, 7) is -0.462. The molecule has 0 aliphatic rings. The van der Waals surface area contributed by atoms with E-state index >= 15 is 0 Å². The first-order valence-electron chi connectivity index (χ1n) is 5.95. The van der Waals surface area contributed by atoms with Gasteiger partial charge in [-0.25, -0.2) is 0 Å². The molecule has 2 rings (SSSR count). The van der Waals surface area contributed by atoms with Crippen LogP contribution in [0.1, 0.15) is 17.2 Å². The Morgan fingerprint density at radius 1 is 1.24 bits per heavy atom. The van der Waals surface area contributed by atoms with E-state index in [1.165, 1.54) is 30.5 Å². The van der Waals surface area contributed by atoms with Crippen molar-refractivity contribution in [3.8, 4) is 5.75 Å². The van der Waals surface area contributed by atoms with Crippen LogP contribution in [0.25, 0.3) is 0 Å². The lowest BCUT2D eigenvalue weighted by molar-refractivity contribution is -0.140. The van der Waals surface area contributed by atoms with E-state index in [4.69, 9.17) is 14.3 Å². The van der Waals surface area contributed by atoms with Gasteiger partial charge in [-0.15, -0.1) is 0 Å². The predicted molar refractivity (Wildman–Crippen MR) is 66.0 cm³/mol. The second-order valence-corrected chi connectivity index (χ2v) is 4.21. The molecule has 0 saturated carbocycles. The number of carboxylic acids is 1. The molecule has 1 unspecified atom stereocenters. The Morgan fingerprint density at radius 2 is 1.95 bits per heavy atom. The Morgan fingerprint density at radius 3 is 2.52 bits per heavy atom. The van der Waals surface area contributed by atoms with Crippen molar-refractivity contribution < 1.29 is 32.2 Å². The van der Waals surface area contributed by atoms with E-state index < -0.39 is 36.0 Å². The van der Waals surface area contributed by atoms with Crippen molar-refractivity contribution >= 4 is 5.97 Å². The third kappa shape index (κ3) is 3.56. The van der Waals surface area contributed by atoms with Crippen LogP contribution < -0.4 is 4.74 Å². The van der Waals surface area contributed by atoms with Gasteiger partial charge in [0.25, 0.3) is 0 Å². The topological polar surface area (TPSA) is 59.7 Å². The Balaban J connectivity index is 2.17. The average molecular weight is 300 g/mol. The van der Waals surface area contributed by atoms with Gasteiger partial charge in [-0.2, -0.15) is 13.2 Å². The van der Waals surface area contributed by atoms with E-state index in [9.17, 15) is 18.0 Å². The number of para-hydroxylation sites is 1. The van der Waals surface area contributed by atoms with Gasteiger partial charge in [0.2, 0.25) is 0 Å². The zero-order valence-corrected chi connectivity index (χ0v) is 10.6. The van der Waals surface area contributed by atoms with Gasteiger partial charge >= 0.3 is 12.1 Å². The Kier molecular flexibility index (Phi) is 4.21. The predicted octanol–water partition coefficient (Wildman–Crippen LogP) is 3.55. The third-order valence-corrected chi connectivity index (χ3v) is 2.78. The van der Waals surface area contributed by atoms with E-state index in [2.05, 4.69) is 0 Å². The molecule has 0 bridgehead atoms. The minimum absolute atomic E-state index is 0.118. The van der Waals surface area contributed by atoms with E-state index in [1.54, 1.807) is 0 Å². The third-order valence-electron chi connectivity index (χ3n) is 2.78. The molecule has 1 aromatic heterocycles. The van der Waals surface area contributed by atoms with Crippen LogP contribution in [0.5, 0.6) is 5.75 Å². The Hall–Kier alpha value is -2.44. The zero-order chi connectivity index (χ0) is 15.5. The van der Waals surface area contributed by atoms with Gasteiger partial charge in [0.15, 0.2) is 0 Å². The summed E-state index contributed by atoms with van der Waals surface area (Å²) in [6, 6.07) is 7.55. The minimum Gasteiger partial charge on any atom is -0.492 e. The first kappa shape index (κ1) is 15.0. The lowest BCUT2D eigenvalue weighted by atomic mass is 10.1. The van der Waals surface area contributed by atoms with Gasteiger partial charge in [0.05, 0.1) is 11.8 Å². The number of rotatable bonds is 5. The summed E-state index contributed by atoms with van der Waals surface area (Å²) in [7, 11) is 0. The molecule has 4 nitrogen and oxygen atoms in total. The van der Waals surface area contributed by atoms with Gasteiger partial charge in [-0.1, -0.05) is 12.1 Å². The number of hydrogen-bond donors (Lipinski definition) is 1. The maximum absolute atomic E-state index is 12.8. The Labute approximate surface area is 117 Å². The van der Waals surface area contributed by atoms with Crippen LogP contribution >= 0.6 is 0 Å². The summed E-state index contributed by atoms with van der Waals surface area (Å²) in [5.41, 5.74) is -0.950. The van der Waals surface area contributed by atoms with Crippen molar-refractivity contribution in [1.29, 1.82) is 0 Å². The Bertz CT molecular complexity index is 605. The molecular weight excluding hydrogens is 289 g/mol. The van der Waals surface area contributed by atoms with Crippen LogP contribution in [0.3, 0.4) is 0 Å². The van der Waals surface area contributed by atoms with Gasteiger partial charge in [-0.3, -0.25) is 4.79 Å². The maximum Gasteiger partial charge on any atom is 0.419 e. The minimum atomic E-state index is -4.57. The molecule has 0 radical (unpaired) electrons. The van der Waals surface area contributed by atoms with Crippen LogP contribution in [-0.2, 0) is 11.0 Å². The van der Waals surface area contributed by atoms with Crippen molar-refractivity contribution in [2.24, 2.45) is 0 Å². The van der Waals surface area contributed by atoms with Gasteiger partial charge in [-0.05, 0) is 24.3 Å². The molecule has 0 fully saturated rings. The molecule has 1 N–H and O–H groups in total. The highest BCUT2D eigenvalue weighted by molar-refractivity contribution is 5.75. The molecule has 112 valence electrons. The number of carbonyl (C=O) groups is 1. The molecular formula is C14H11F3O4. The fourth-order valence-electron chi connectivity index (χ4n) is 1.76. The summed E-state index contributed by atoms with van der Waals surface area (Å²) in [6.07, 6.45) is -3.28. The summed E-state index contributed by atoms with van der Waals surface area (Å²) in [4.78, 5) is 11.1. The zero-order valence-electron chi connectivity index (χ0n) is 10.6. The van der Waals surface area contributed by atoms with Crippen LogP contribution in [-0.4, -0.2) is 17.7 Å². The quantitative estimate of drug-likeness (QED) is 0.917. The molecule has 0 aliphatic heterocycles. The number of carboxylic acid groups (broad SMARTS) is 1. The molecule has 7 heteroatoms. The second-order valence-electron chi connectivity index (χ2n) is 4.21. The molecule has 0 amide bonds. The van der Waals surface area contributed by atoms with Crippen molar-refractivity contribution in [2.45, 2.75) is 12.1 Å². The molecule has 1 heterocycles. The molecule has 1 aromatic carbocycles. The van der Waals surface area contributed by atoms with Crippen LogP contribution in [0, 0.1) is 0 Å². The summed E-state index contributed by atoms with van der Waals surface area (Å²) in [5.74, 6) is -2.72. The second kappa shape index (κ2) is 5.90. The first-order valence-corrected chi connectivity index (χ1v) is 5.95. The molecule has 0 spiro atoms. The van der Waals surface area contributed by atoms with E-state index in [0.717, 1.165) is 12.1 Å². The standard InChI is InChI=1S/C14H11F3O4/c15-14(16,17)10-4-1-2-5-12(10)21-8-9(13(18)19)11-6-3-7-20-11/h1-7,9H,8H2,(H,18,19). The fourth-order valence-corrected chi connectivity index (χ4v) is 1.76. The summed E-state index contributed by atoms with van der Waals surface area (Å²) in [5, 5.41) is 9.09. The lowest BCUT2D eigenvalue weighted by Gasteiger charge is -2.16. The van der Waals surface area contributed by atoms with Gasteiger partial charge < -0.3 is 14.3 Å². The number of aliphatic carboxylic acids is 1. The molecule has 2 aromatic rings. The highest BCUT2D eigenvalue weighted by Gasteiger charge is 2.34. The fraction of sp³-hybridized carbons (Fsp3) is 0.214. The highest BCUT2D eigenvalue weighted by Crippen LogP contribution is 2.36. The summed E-state index contributed by atoms with van der Waals surface area (Å²) < 4.78 is 48.4. The number of ether oxygens (including phenoxy) is 1. The smallest absolute Gasteiger partial charge is 0.419 e. The van der Waals surface area contributed by atoms with Crippen LogP contribution in [0.2, 0.25) is 0 Å². The van der Waals surface area contributed by atoms with E-state index in [-0.39, 0.29) is 5.76 Å². The van der Waals surface area contributed by atoms with E-state index in [0.29, 0.717) is 0 Å². The first-order chi connectivity index (χ1) is 9.89. The maximum atomic E-state index is 12.8. The number of alkyl halides is 3. The van der Waals surface area contributed by atoms with Crippen molar-refractivity contribution in [2.75, 3.05) is 6.61 Å². The number of furan rings is 1. The van der Waals surface area contributed by atoms with Crippen LogP contribution in [0.15, 0.2) is 47.1 Å². The normalized spacial score (nSPS) is 12.9. The van der Waals surface area contributed by atoms with Crippen molar-refractivity contribution in [3.05, 3.63) is 54.0 Å². The van der Waals surface area contributed by atoms with Gasteiger partial charge in [0, 0.05) is 0 Å². The average Bonchev–Trinajstić information content (AvgIpc) is 2.92. The number of hydrogen-bond acceptors (Lipinski definition) is 3. The number of halogens is 3. The molecule has 21 heavy (non-hydrogen) atoms. The highest BCUT2D eigenvalue weighted by atomic mass is 19.4.